The van der Waals surface area contributed by atoms with E-state index in [1.54, 1.807) is 0 Å². The van der Waals surface area contributed by atoms with Gasteiger partial charge < -0.3 is 10.6 Å². The minimum atomic E-state index is 0.181. The van der Waals surface area contributed by atoms with E-state index in [4.69, 9.17) is 10.7 Å². The second kappa shape index (κ2) is 4.19. The average molecular weight is 279 g/mol. The summed E-state index contributed by atoms with van der Waals surface area (Å²) in [6, 6.07) is 0.181. The van der Waals surface area contributed by atoms with Crippen molar-refractivity contribution in [3.63, 3.8) is 0 Å². The van der Waals surface area contributed by atoms with Gasteiger partial charge in [0.2, 0.25) is 0 Å². The van der Waals surface area contributed by atoms with Crippen LogP contribution in [0.2, 0.25) is 0 Å². The fourth-order valence-corrected chi connectivity index (χ4v) is 4.50. The molecule has 2 N–H and O–H groups in total. The number of nitrogens with zero attached hydrogens (tertiary/aromatic N) is 2. The van der Waals surface area contributed by atoms with Crippen LogP contribution in [0.5, 0.6) is 0 Å². The van der Waals surface area contributed by atoms with Crippen molar-refractivity contribution in [2.24, 2.45) is 16.6 Å². The number of aromatic nitrogens is 1. The Labute approximate surface area is 120 Å². The maximum absolute atomic E-state index is 6.34. The average Bonchev–Trinajstić information content (AvgIpc) is 2.79. The predicted octanol–water partition coefficient (Wildman–Crippen LogP) is 3.35. The highest BCUT2D eigenvalue weighted by Gasteiger charge is 2.36. The Bertz CT molecular complexity index is 490. The summed E-state index contributed by atoms with van der Waals surface area (Å²) < 4.78 is 0. The molecule has 1 aromatic rings. The Morgan fingerprint density at radius 3 is 2.63 bits per heavy atom. The van der Waals surface area contributed by atoms with Gasteiger partial charge >= 0.3 is 0 Å². The van der Waals surface area contributed by atoms with E-state index >= 15 is 0 Å². The molecule has 1 unspecified atom stereocenters. The van der Waals surface area contributed by atoms with Crippen LogP contribution in [0.25, 0.3) is 0 Å². The molecule has 1 aromatic heterocycles. The van der Waals surface area contributed by atoms with Crippen LogP contribution in [0.1, 0.15) is 57.1 Å². The lowest BCUT2D eigenvalue weighted by molar-refractivity contribution is 0.282. The molecule has 3 rings (SSSR count). The van der Waals surface area contributed by atoms with Crippen LogP contribution in [0.3, 0.4) is 0 Å². The number of thiazole rings is 1. The topological polar surface area (TPSA) is 42.2 Å². The zero-order chi connectivity index (χ0) is 13.8. The summed E-state index contributed by atoms with van der Waals surface area (Å²) in [6.07, 6.45) is 3.41. The fraction of sp³-hybridized carbons (Fsp3) is 0.800. The van der Waals surface area contributed by atoms with Crippen LogP contribution in [0.4, 0.5) is 5.13 Å². The summed E-state index contributed by atoms with van der Waals surface area (Å²) in [6.45, 7) is 11.5. The zero-order valence-electron chi connectivity index (χ0n) is 12.5. The summed E-state index contributed by atoms with van der Waals surface area (Å²) >= 11 is 1.83. The summed E-state index contributed by atoms with van der Waals surface area (Å²) in [4.78, 5) is 8.69. The van der Waals surface area contributed by atoms with Crippen molar-refractivity contribution in [2.45, 2.75) is 53.0 Å². The second-order valence-electron chi connectivity index (χ2n) is 7.79. The van der Waals surface area contributed by atoms with E-state index in [0.29, 0.717) is 10.8 Å². The number of hydrogen-bond donors (Lipinski definition) is 1. The monoisotopic (exact) mass is 279 g/mol. The van der Waals surface area contributed by atoms with Crippen LogP contribution in [-0.4, -0.2) is 18.1 Å². The van der Waals surface area contributed by atoms with E-state index in [0.717, 1.165) is 25.9 Å². The molecule has 1 aliphatic heterocycles. The van der Waals surface area contributed by atoms with Gasteiger partial charge in [0.25, 0.3) is 0 Å². The lowest BCUT2D eigenvalue weighted by atomic mass is 9.77. The van der Waals surface area contributed by atoms with Gasteiger partial charge in [-0.3, -0.25) is 0 Å². The van der Waals surface area contributed by atoms with E-state index in [2.05, 4.69) is 32.6 Å². The molecular weight excluding hydrogens is 254 g/mol. The first-order valence-electron chi connectivity index (χ1n) is 7.26. The Morgan fingerprint density at radius 2 is 2.00 bits per heavy atom. The second-order valence-corrected chi connectivity index (χ2v) is 8.80. The number of rotatable bonds is 1. The SMILES string of the molecule is CC1(C)Cc2nc(N3CCC(C)(C)C3)sc2C(N)C1. The van der Waals surface area contributed by atoms with Crippen LogP contribution < -0.4 is 10.6 Å². The molecule has 19 heavy (non-hydrogen) atoms. The molecule has 1 atom stereocenters. The van der Waals surface area contributed by atoms with Crippen molar-refractivity contribution >= 4 is 16.5 Å². The van der Waals surface area contributed by atoms with Crippen LogP contribution in [0.15, 0.2) is 0 Å². The van der Waals surface area contributed by atoms with Crippen molar-refractivity contribution in [2.75, 3.05) is 18.0 Å². The zero-order valence-corrected chi connectivity index (χ0v) is 13.3. The van der Waals surface area contributed by atoms with Gasteiger partial charge in [-0.15, -0.1) is 0 Å². The van der Waals surface area contributed by atoms with Crippen molar-refractivity contribution in [1.82, 2.24) is 4.98 Å². The summed E-state index contributed by atoms with van der Waals surface area (Å²) in [5.74, 6) is 0. The van der Waals surface area contributed by atoms with Crippen molar-refractivity contribution < 1.29 is 0 Å². The van der Waals surface area contributed by atoms with Crippen LogP contribution in [0, 0.1) is 10.8 Å². The maximum Gasteiger partial charge on any atom is 0.185 e. The van der Waals surface area contributed by atoms with E-state index in [1.807, 2.05) is 11.3 Å². The lowest BCUT2D eigenvalue weighted by Crippen LogP contribution is -2.28. The molecular formula is C15H25N3S. The highest BCUT2D eigenvalue weighted by molar-refractivity contribution is 7.15. The first kappa shape index (κ1) is 13.4. The smallest absolute Gasteiger partial charge is 0.185 e. The summed E-state index contributed by atoms with van der Waals surface area (Å²) in [5, 5.41) is 1.20. The molecule has 0 bridgehead atoms. The first-order chi connectivity index (χ1) is 8.76. The molecule has 3 nitrogen and oxygen atoms in total. The predicted molar refractivity (Wildman–Crippen MR) is 81.8 cm³/mol. The molecule has 2 heterocycles. The van der Waals surface area contributed by atoms with Gasteiger partial charge in [0.15, 0.2) is 5.13 Å². The van der Waals surface area contributed by atoms with Gasteiger partial charge in [0.1, 0.15) is 0 Å². The Balaban J connectivity index is 1.87. The number of anilines is 1. The standard InChI is InChI=1S/C15H25N3S/c1-14(2)5-6-18(9-14)13-17-11-8-15(3,4)7-10(16)12(11)19-13/h10H,5-9,16H2,1-4H3. The van der Waals surface area contributed by atoms with Crippen LogP contribution in [-0.2, 0) is 6.42 Å². The van der Waals surface area contributed by atoms with Crippen molar-refractivity contribution in [1.29, 1.82) is 0 Å². The molecule has 0 aromatic carbocycles. The molecule has 1 saturated heterocycles. The van der Waals surface area contributed by atoms with Crippen molar-refractivity contribution in [3.8, 4) is 0 Å². The van der Waals surface area contributed by atoms with E-state index in [1.165, 1.54) is 22.1 Å². The van der Waals surface area contributed by atoms with Gasteiger partial charge in [0.05, 0.1) is 5.69 Å². The largest absolute Gasteiger partial charge is 0.348 e. The van der Waals surface area contributed by atoms with E-state index in [9.17, 15) is 0 Å². The third kappa shape index (κ3) is 2.52. The molecule has 106 valence electrons. The van der Waals surface area contributed by atoms with Crippen molar-refractivity contribution in [3.05, 3.63) is 10.6 Å². The first-order valence-corrected chi connectivity index (χ1v) is 8.08. The molecule has 4 heteroatoms. The highest BCUT2D eigenvalue weighted by Crippen LogP contribution is 2.44. The molecule has 1 aliphatic carbocycles. The van der Waals surface area contributed by atoms with Gasteiger partial charge in [0, 0.05) is 24.0 Å². The molecule has 0 radical (unpaired) electrons. The third-order valence-corrected chi connectivity index (χ3v) is 5.71. The Hall–Kier alpha value is -0.610. The Morgan fingerprint density at radius 1 is 1.26 bits per heavy atom. The highest BCUT2D eigenvalue weighted by atomic mass is 32.1. The van der Waals surface area contributed by atoms with Gasteiger partial charge in [-0.2, -0.15) is 0 Å². The number of hydrogen-bond acceptors (Lipinski definition) is 4. The maximum atomic E-state index is 6.34. The number of nitrogens with two attached hydrogens (primary N) is 1. The third-order valence-electron chi connectivity index (χ3n) is 4.42. The van der Waals surface area contributed by atoms with E-state index < -0.39 is 0 Å². The molecule has 0 saturated carbocycles. The Kier molecular flexibility index (Phi) is 2.95. The molecule has 0 spiro atoms. The normalized spacial score (nSPS) is 28.5. The minimum absolute atomic E-state index is 0.181. The van der Waals surface area contributed by atoms with Gasteiger partial charge in [-0.05, 0) is 30.1 Å². The van der Waals surface area contributed by atoms with Crippen LogP contribution >= 0.6 is 11.3 Å². The minimum Gasteiger partial charge on any atom is -0.348 e. The summed E-state index contributed by atoms with van der Waals surface area (Å²) in [5.41, 5.74) is 8.31. The fourth-order valence-electron chi connectivity index (χ4n) is 3.39. The lowest BCUT2D eigenvalue weighted by Gasteiger charge is -2.32. The van der Waals surface area contributed by atoms with Gasteiger partial charge in [-0.1, -0.05) is 39.0 Å². The van der Waals surface area contributed by atoms with Gasteiger partial charge in [-0.25, -0.2) is 4.98 Å². The summed E-state index contributed by atoms with van der Waals surface area (Å²) in [7, 11) is 0. The molecule has 2 aliphatic rings. The molecule has 0 amide bonds. The molecule has 1 fully saturated rings. The van der Waals surface area contributed by atoms with E-state index in [-0.39, 0.29) is 6.04 Å². The number of fused-ring (bicyclic) bond motifs is 1. The quantitative estimate of drug-likeness (QED) is 0.857.